The van der Waals surface area contributed by atoms with Crippen LogP contribution in [0.5, 0.6) is 11.5 Å². The van der Waals surface area contributed by atoms with Gasteiger partial charge in [0.25, 0.3) is 17.4 Å². The first-order chi connectivity index (χ1) is 16.5. The van der Waals surface area contributed by atoms with Crippen molar-refractivity contribution in [3.63, 3.8) is 0 Å². The van der Waals surface area contributed by atoms with E-state index >= 15 is 0 Å². The van der Waals surface area contributed by atoms with Gasteiger partial charge >= 0.3 is 0 Å². The number of carbonyl (C=O) groups excluding carboxylic acids is 2. The highest BCUT2D eigenvalue weighted by Crippen LogP contribution is 2.38. The Bertz CT molecular complexity index is 1440. The highest BCUT2D eigenvalue weighted by Gasteiger charge is 2.30. The summed E-state index contributed by atoms with van der Waals surface area (Å²) in [6.07, 6.45) is 2.79. The van der Waals surface area contributed by atoms with Crippen molar-refractivity contribution in [2.75, 3.05) is 13.6 Å². The maximum Gasteiger partial charge on any atom is 0.288 e. The van der Waals surface area contributed by atoms with Crippen LogP contribution in [0.4, 0.5) is 4.39 Å². The Morgan fingerprint density at radius 3 is 2.54 bits per heavy atom. The third kappa shape index (κ3) is 4.58. The molecule has 0 unspecified atom stereocenters. The average Bonchev–Trinajstić information content (AvgIpc) is 2.82. The molecule has 1 aromatic carbocycles. The monoisotopic (exact) mass is 481 g/mol. The number of rotatable bonds is 6. The second-order valence-electron chi connectivity index (χ2n) is 8.86. The molecule has 1 aliphatic rings. The molecule has 0 atom stereocenters. The maximum absolute atomic E-state index is 13.4. The molecule has 35 heavy (non-hydrogen) atoms. The topological polar surface area (TPSA) is 149 Å². The molecule has 3 aromatic rings. The molecule has 0 fully saturated rings. The van der Waals surface area contributed by atoms with Crippen molar-refractivity contribution in [3.8, 4) is 11.5 Å². The summed E-state index contributed by atoms with van der Waals surface area (Å²) in [6, 6.07) is 5.78. The molecule has 0 saturated heterocycles. The van der Waals surface area contributed by atoms with Crippen LogP contribution in [-0.4, -0.2) is 45.6 Å². The maximum atomic E-state index is 13.4. The molecular formula is C24H24FN5O5. The lowest BCUT2D eigenvalue weighted by atomic mass is 10.0. The molecule has 0 spiro atoms. The van der Waals surface area contributed by atoms with Crippen LogP contribution in [0.3, 0.4) is 0 Å². The smallest absolute Gasteiger partial charge is 0.288 e. The van der Waals surface area contributed by atoms with Gasteiger partial charge in [0.15, 0.2) is 11.5 Å². The molecule has 0 aliphatic carbocycles. The van der Waals surface area contributed by atoms with Crippen molar-refractivity contribution in [2.45, 2.75) is 25.8 Å². The summed E-state index contributed by atoms with van der Waals surface area (Å²) < 4.78 is 20.3. The summed E-state index contributed by atoms with van der Waals surface area (Å²) in [5, 5.41) is 15.7. The van der Waals surface area contributed by atoms with Crippen LogP contribution in [0.1, 0.15) is 35.3 Å². The van der Waals surface area contributed by atoms with Crippen LogP contribution in [0, 0.1) is 5.82 Å². The molecule has 3 heterocycles. The normalized spacial score (nSPS) is 12.7. The van der Waals surface area contributed by atoms with E-state index in [4.69, 9.17) is 10.5 Å². The lowest BCUT2D eigenvalue weighted by molar-refractivity contribution is -0.119. The van der Waals surface area contributed by atoms with E-state index in [-0.39, 0.29) is 35.5 Å². The van der Waals surface area contributed by atoms with Crippen molar-refractivity contribution in [3.05, 3.63) is 69.1 Å². The number of benzene rings is 1. The Morgan fingerprint density at radius 2 is 1.91 bits per heavy atom. The van der Waals surface area contributed by atoms with Gasteiger partial charge in [-0.15, -0.1) is 0 Å². The molecule has 0 saturated carbocycles. The third-order valence-electron chi connectivity index (χ3n) is 5.36. The zero-order chi connectivity index (χ0) is 25.5. The van der Waals surface area contributed by atoms with Crippen LogP contribution in [0.25, 0.3) is 17.2 Å². The first-order valence-electron chi connectivity index (χ1n) is 10.7. The Kier molecular flexibility index (Phi) is 6.03. The zero-order valence-corrected chi connectivity index (χ0v) is 19.3. The van der Waals surface area contributed by atoms with Gasteiger partial charge in [0.05, 0.1) is 6.20 Å². The fourth-order valence-corrected chi connectivity index (χ4v) is 3.63. The number of aromatic hydroxyl groups is 1. The van der Waals surface area contributed by atoms with E-state index in [1.165, 1.54) is 25.4 Å². The number of hydrogen-bond acceptors (Lipinski definition) is 7. The van der Waals surface area contributed by atoms with Crippen LogP contribution in [0.15, 0.2) is 41.0 Å². The van der Waals surface area contributed by atoms with Gasteiger partial charge in [-0.1, -0.05) is 12.1 Å². The molecule has 11 heteroatoms. The minimum Gasteiger partial charge on any atom is -0.505 e. The lowest BCUT2D eigenvalue weighted by Gasteiger charge is -2.24. The predicted molar refractivity (Wildman–Crippen MR) is 126 cm³/mol. The van der Waals surface area contributed by atoms with Crippen LogP contribution >= 0.6 is 0 Å². The molecule has 0 radical (unpaired) electrons. The summed E-state index contributed by atoms with van der Waals surface area (Å²) >= 11 is 0. The van der Waals surface area contributed by atoms with Crippen molar-refractivity contribution in [1.29, 1.82) is 0 Å². The number of pyridine rings is 2. The average molecular weight is 481 g/mol. The number of hydrogen-bond donors (Lipinski definition) is 4. The van der Waals surface area contributed by atoms with Gasteiger partial charge in [0, 0.05) is 37.3 Å². The molecule has 2 amide bonds. The molecule has 5 N–H and O–H groups in total. The molecule has 182 valence electrons. The van der Waals surface area contributed by atoms with E-state index in [9.17, 15) is 23.9 Å². The summed E-state index contributed by atoms with van der Waals surface area (Å²) in [5.74, 6) is -2.56. The van der Waals surface area contributed by atoms with Crippen LogP contribution < -0.4 is 26.7 Å². The van der Waals surface area contributed by atoms with Crippen molar-refractivity contribution in [1.82, 2.24) is 20.2 Å². The van der Waals surface area contributed by atoms with Crippen LogP contribution in [0.2, 0.25) is 0 Å². The summed E-state index contributed by atoms with van der Waals surface area (Å²) in [7, 11) is 1.32. The summed E-state index contributed by atoms with van der Waals surface area (Å²) in [4.78, 5) is 42.7. The molecule has 4 rings (SSSR count). The zero-order valence-electron chi connectivity index (χ0n) is 19.3. The number of carbonyl (C=O) groups is 2. The fraction of sp³-hybridized carbons (Fsp3) is 0.250. The Morgan fingerprint density at radius 1 is 1.23 bits per heavy atom. The quantitative estimate of drug-likeness (QED) is 0.414. The highest BCUT2D eigenvalue weighted by atomic mass is 19.1. The summed E-state index contributed by atoms with van der Waals surface area (Å²) in [5.41, 5.74) is 5.10. The fourth-order valence-electron chi connectivity index (χ4n) is 3.63. The third-order valence-corrected chi connectivity index (χ3v) is 5.36. The minimum atomic E-state index is -0.857. The molecule has 2 aromatic heterocycles. The number of nitrogens with one attached hydrogen (secondary N) is 2. The highest BCUT2D eigenvalue weighted by molar-refractivity contribution is 6.04. The number of aromatic nitrogens is 2. The van der Waals surface area contributed by atoms with Gasteiger partial charge in [-0.2, -0.15) is 0 Å². The number of nitrogens with two attached hydrogens (primary N) is 1. The van der Waals surface area contributed by atoms with Gasteiger partial charge < -0.3 is 26.2 Å². The number of ether oxygens (including phenoxy) is 1. The second-order valence-corrected chi connectivity index (χ2v) is 8.86. The van der Waals surface area contributed by atoms with Crippen molar-refractivity contribution < 1.29 is 23.8 Å². The first-order valence-corrected chi connectivity index (χ1v) is 10.7. The number of nitrogens with zero attached hydrogens (tertiary/aromatic N) is 2. The van der Waals surface area contributed by atoms with Crippen molar-refractivity contribution >= 4 is 29.0 Å². The minimum absolute atomic E-state index is 0.0557. The largest absolute Gasteiger partial charge is 0.505 e. The Balaban J connectivity index is 1.91. The first kappa shape index (κ1) is 23.9. The number of halogens is 1. The summed E-state index contributed by atoms with van der Waals surface area (Å²) in [6.45, 7) is 3.59. The van der Waals surface area contributed by atoms with E-state index < -0.39 is 40.0 Å². The molecule has 10 nitrogen and oxygen atoms in total. The Labute approximate surface area is 199 Å². The van der Waals surface area contributed by atoms with Gasteiger partial charge in [0.2, 0.25) is 5.76 Å². The van der Waals surface area contributed by atoms with Gasteiger partial charge in [0.1, 0.15) is 22.4 Å². The SMILES string of the molecule is CNC(=O)c1c(O)c2ncc(Cc3ccc(F)cc3)c3c2n(c1=O)C=C(C(=O)NCC(C)(C)N)O3. The van der Waals surface area contributed by atoms with E-state index in [2.05, 4.69) is 15.6 Å². The van der Waals surface area contributed by atoms with Crippen LogP contribution in [-0.2, 0) is 11.2 Å². The van der Waals surface area contributed by atoms with E-state index in [0.717, 1.165) is 16.3 Å². The van der Waals surface area contributed by atoms with Crippen molar-refractivity contribution in [2.24, 2.45) is 5.73 Å². The number of amides is 2. The van der Waals surface area contributed by atoms with Gasteiger partial charge in [-0.05, 0) is 31.5 Å². The van der Waals surface area contributed by atoms with E-state index in [1.54, 1.807) is 26.0 Å². The molecule has 1 aliphatic heterocycles. The standard InChI is InChI=1S/C24H24FN5O5/c1-24(2,26)11-29-21(32)15-10-30-18-17(19(31)16(23(30)34)22(33)27-3)28-9-13(20(18)35-15)8-12-4-6-14(25)7-5-12/h4-7,9-10,31H,8,11,26H2,1-3H3,(H,27,33)(H,29,32). The Hall–Kier alpha value is -4.25. The predicted octanol–water partition coefficient (Wildman–Crippen LogP) is 1.24. The van der Waals surface area contributed by atoms with Gasteiger partial charge in [-0.3, -0.25) is 23.9 Å². The second kappa shape index (κ2) is 8.84. The lowest BCUT2D eigenvalue weighted by Crippen LogP contribution is -2.46. The molecule has 0 bridgehead atoms. The van der Waals surface area contributed by atoms with E-state index in [1.807, 2.05) is 0 Å². The molecular weight excluding hydrogens is 457 g/mol. The van der Waals surface area contributed by atoms with Gasteiger partial charge in [-0.25, -0.2) is 4.39 Å². The van der Waals surface area contributed by atoms with E-state index in [0.29, 0.717) is 5.56 Å².